The highest BCUT2D eigenvalue weighted by Gasteiger charge is 2.35. The molecule has 1 amide bonds. The molecule has 0 saturated heterocycles. The predicted molar refractivity (Wildman–Crippen MR) is 74.0 cm³/mol. The molecule has 1 fully saturated rings. The Morgan fingerprint density at radius 1 is 1.37 bits per heavy atom. The van der Waals surface area contributed by atoms with Crippen LogP contribution in [0.4, 0.5) is 0 Å². The molecule has 1 heterocycles. The Morgan fingerprint density at radius 2 is 2.05 bits per heavy atom. The number of nitrogens with zero attached hydrogens (tertiary/aromatic N) is 1. The van der Waals surface area contributed by atoms with Gasteiger partial charge in [-0.25, -0.2) is 0 Å². The van der Waals surface area contributed by atoms with E-state index in [4.69, 9.17) is 5.11 Å². The number of hydrogen-bond donors (Lipinski definition) is 1. The third-order valence-electron chi connectivity index (χ3n) is 3.70. The second-order valence-electron chi connectivity index (χ2n) is 5.25. The van der Waals surface area contributed by atoms with Crippen LogP contribution in [0.15, 0.2) is 12.1 Å². The molecule has 2 rings (SSSR count). The summed E-state index contributed by atoms with van der Waals surface area (Å²) in [6.45, 7) is 2.66. The fraction of sp³-hybridized carbons (Fsp3) is 0.571. The van der Waals surface area contributed by atoms with Crippen molar-refractivity contribution in [3.05, 3.63) is 21.9 Å². The van der Waals surface area contributed by atoms with Gasteiger partial charge in [0.2, 0.25) is 5.91 Å². The summed E-state index contributed by atoms with van der Waals surface area (Å²) in [7, 11) is 1.80. The minimum atomic E-state index is -0.771. The lowest BCUT2D eigenvalue weighted by molar-refractivity contribution is -0.141. The van der Waals surface area contributed by atoms with Gasteiger partial charge in [0, 0.05) is 22.7 Å². The van der Waals surface area contributed by atoms with Crippen LogP contribution in [-0.2, 0) is 16.1 Å². The standard InChI is InChI=1S/C14H19NO3S/c1-9-3-6-12(19-9)8-15(2)13(16)10-4-5-11(7-10)14(17)18/h3,6,10-11H,4-5,7-8H2,1-2H3,(H,17,18)/t10-,11+/m1/s1. The van der Waals surface area contributed by atoms with Crippen LogP contribution in [0.5, 0.6) is 0 Å². The zero-order valence-electron chi connectivity index (χ0n) is 11.3. The molecule has 2 atom stereocenters. The van der Waals surface area contributed by atoms with Crippen molar-refractivity contribution in [2.75, 3.05) is 7.05 Å². The largest absolute Gasteiger partial charge is 0.481 e. The molecule has 4 nitrogen and oxygen atoms in total. The van der Waals surface area contributed by atoms with E-state index < -0.39 is 5.97 Å². The number of carboxylic acids is 1. The Morgan fingerprint density at radius 3 is 2.58 bits per heavy atom. The van der Waals surface area contributed by atoms with Crippen molar-refractivity contribution >= 4 is 23.2 Å². The van der Waals surface area contributed by atoms with Crippen molar-refractivity contribution in [1.82, 2.24) is 4.90 Å². The monoisotopic (exact) mass is 281 g/mol. The summed E-state index contributed by atoms with van der Waals surface area (Å²) >= 11 is 1.69. The van der Waals surface area contributed by atoms with Crippen molar-refractivity contribution in [3.8, 4) is 0 Å². The second-order valence-corrected chi connectivity index (χ2v) is 6.62. The summed E-state index contributed by atoms with van der Waals surface area (Å²) in [4.78, 5) is 27.3. The minimum Gasteiger partial charge on any atom is -0.481 e. The average molecular weight is 281 g/mol. The molecule has 0 spiro atoms. The van der Waals surface area contributed by atoms with Crippen LogP contribution in [0.25, 0.3) is 0 Å². The first-order valence-electron chi connectivity index (χ1n) is 6.50. The fourth-order valence-corrected chi connectivity index (χ4v) is 3.57. The Kier molecular flexibility index (Phi) is 4.24. The lowest BCUT2D eigenvalue weighted by atomic mass is 10.0. The molecular weight excluding hydrogens is 262 g/mol. The molecule has 0 radical (unpaired) electrons. The van der Waals surface area contributed by atoms with Crippen LogP contribution in [0.1, 0.15) is 29.0 Å². The summed E-state index contributed by atoms with van der Waals surface area (Å²) in [5.41, 5.74) is 0. The van der Waals surface area contributed by atoms with Crippen molar-refractivity contribution in [2.24, 2.45) is 11.8 Å². The fourth-order valence-electron chi connectivity index (χ4n) is 2.62. The number of thiophene rings is 1. The molecule has 1 saturated carbocycles. The van der Waals surface area contributed by atoms with E-state index in [2.05, 4.69) is 0 Å². The molecule has 5 heteroatoms. The van der Waals surface area contributed by atoms with Gasteiger partial charge in [0.05, 0.1) is 12.5 Å². The first-order valence-corrected chi connectivity index (χ1v) is 7.32. The molecule has 19 heavy (non-hydrogen) atoms. The second kappa shape index (κ2) is 5.74. The Labute approximate surface area is 117 Å². The summed E-state index contributed by atoms with van der Waals surface area (Å²) < 4.78 is 0. The average Bonchev–Trinajstić information content (AvgIpc) is 2.97. The zero-order chi connectivity index (χ0) is 14.0. The van der Waals surface area contributed by atoms with E-state index in [1.807, 2.05) is 19.1 Å². The molecule has 104 valence electrons. The van der Waals surface area contributed by atoms with Crippen LogP contribution in [0, 0.1) is 18.8 Å². The van der Waals surface area contributed by atoms with Crippen LogP contribution in [0.3, 0.4) is 0 Å². The summed E-state index contributed by atoms with van der Waals surface area (Å²) in [5, 5.41) is 8.97. The van der Waals surface area contributed by atoms with E-state index in [9.17, 15) is 9.59 Å². The highest BCUT2D eigenvalue weighted by molar-refractivity contribution is 7.11. The molecule has 0 aromatic carbocycles. The number of aliphatic carboxylic acids is 1. The maximum atomic E-state index is 12.3. The van der Waals surface area contributed by atoms with E-state index in [1.165, 1.54) is 9.75 Å². The molecule has 0 bridgehead atoms. The predicted octanol–water partition coefficient (Wildman–Crippen LogP) is 2.52. The third kappa shape index (κ3) is 3.35. The molecular formula is C14H19NO3S. The highest BCUT2D eigenvalue weighted by Crippen LogP contribution is 2.32. The van der Waals surface area contributed by atoms with Crippen LogP contribution in [-0.4, -0.2) is 28.9 Å². The molecule has 1 aromatic heterocycles. The number of carbonyl (C=O) groups is 2. The van der Waals surface area contributed by atoms with E-state index in [1.54, 1.807) is 23.3 Å². The van der Waals surface area contributed by atoms with Gasteiger partial charge in [0.15, 0.2) is 0 Å². The van der Waals surface area contributed by atoms with Crippen LogP contribution >= 0.6 is 11.3 Å². The first-order chi connectivity index (χ1) is 8.97. The van der Waals surface area contributed by atoms with Gasteiger partial charge in [-0.05, 0) is 38.3 Å². The van der Waals surface area contributed by atoms with Crippen molar-refractivity contribution in [1.29, 1.82) is 0 Å². The van der Waals surface area contributed by atoms with Crippen molar-refractivity contribution < 1.29 is 14.7 Å². The lowest BCUT2D eigenvalue weighted by Crippen LogP contribution is -2.31. The molecule has 0 aliphatic heterocycles. The minimum absolute atomic E-state index is 0.0785. The van der Waals surface area contributed by atoms with E-state index >= 15 is 0 Å². The third-order valence-corrected chi connectivity index (χ3v) is 4.68. The summed E-state index contributed by atoms with van der Waals surface area (Å²) in [6, 6.07) is 4.09. The van der Waals surface area contributed by atoms with Gasteiger partial charge in [-0.1, -0.05) is 0 Å². The quantitative estimate of drug-likeness (QED) is 0.922. The topological polar surface area (TPSA) is 57.6 Å². The maximum Gasteiger partial charge on any atom is 0.306 e. The highest BCUT2D eigenvalue weighted by atomic mass is 32.1. The number of rotatable bonds is 4. The number of hydrogen-bond acceptors (Lipinski definition) is 3. The molecule has 1 aliphatic carbocycles. The van der Waals surface area contributed by atoms with Gasteiger partial charge in [-0.2, -0.15) is 0 Å². The smallest absolute Gasteiger partial charge is 0.306 e. The molecule has 1 aromatic rings. The number of carbonyl (C=O) groups excluding carboxylic acids is 1. The van der Waals surface area contributed by atoms with Crippen molar-refractivity contribution in [2.45, 2.75) is 32.7 Å². The van der Waals surface area contributed by atoms with Gasteiger partial charge >= 0.3 is 5.97 Å². The molecule has 1 aliphatic rings. The summed E-state index contributed by atoms with van der Waals surface area (Å²) in [5.74, 6) is -1.15. The Bertz CT molecular complexity index is 483. The van der Waals surface area contributed by atoms with Crippen molar-refractivity contribution in [3.63, 3.8) is 0 Å². The zero-order valence-corrected chi connectivity index (χ0v) is 12.1. The van der Waals surface area contributed by atoms with E-state index in [0.717, 1.165) is 0 Å². The normalized spacial score (nSPS) is 22.4. The first kappa shape index (κ1) is 14.1. The van der Waals surface area contributed by atoms with Gasteiger partial charge in [-0.15, -0.1) is 11.3 Å². The van der Waals surface area contributed by atoms with Crippen LogP contribution < -0.4 is 0 Å². The number of aryl methyl sites for hydroxylation is 1. The van der Waals surface area contributed by atoms with E-state index in [-0.39, 0.29) is 17.7 Å². The van der Waals surface area contributed by atoms with Gasteiger partial charge < -0.3 is 10.0 Å². The summed E-state index contributed by atoms with van der Waals surface area (Å²) in [6.07, 6.45) is 1.81. The van der Waals surface area contributed by atoms with E-state index in [0.29, 0.717) is 25.8 Å². The molecule has 1 N–H and O–H groups in total. The van der Waals surface area contributed by atoms with Gasteiger partial charge in [0.1, 0.15) is 0 Å². The maximum absolute atomic E-state index is 12.3. The SMILES string of the molecule is Cc1ccc(CN(C)C(=O)[C@@H]2CC[C@H](C(=O)O)C2)s1. The van der Waals surface area contributed by atoms with Gasteiger partial charge in [-0.3, -0.25) is 9.59 Å². The van der Waals surface area contributed by atoms with Crippen LogP contribution in [0.2, 0.25) is 0 Å². The number of amides is 1. The number of carboxylic acid groups (broad SMARTS) is 1. The van der Waals surface area contributed by atoms with Gasteiger partial charge in [0.25, 0.3) is 0 Å². The lowest BCUT2D eigenvalue weighted by Gasteiger charge is -2.20. The Balaban J connectivity index is 1.91. The molecule has 0 unspecified atom stereocenters. The Hall–Kier alpha value is -1.36.